The molecule has 1 unspecified atom stereocenters. The highest BCUT2D eigenvalue weighted by atomic mass is 32.1. The first-order chi connectivity index (χ1) is 8.63. The summed E-state index contributed by atoms with van der Waals surface area (Å²) in [6.45, 7) is 0.411. The molecular formula is C13H16FN3S. The number of aromatic nitrogens is 1. The highest BCUT2D eigenvalue weighted by Gasteiger charge is 2.22. The standard InChI is InChI=1S/C13H16FN3S/c1-17(2)12(10-5-3-4-6-11(10)14)13-16-9(7-15)8-18-13/h3-6,8,12H,7,15H2,1-2H3. The molecule has 2 N–H and O–H groups in total. The Morgan fingerprint density at radius 3 is 2.67 bits per heavy atom. The number of benzene rings is 1. The van der Waals surface area contributed by atoms with Crippen molar-refractivity contribution in [3.63, 3.8) is 0 Å². The van der Waals surface area contributed by atoms with Gasteiger partial charge in [-0.2, -0.15) is 0 Å². The second-order valence-corrected chi connectivity index (χ2v) is 5.16. The van der Waals surface area contributed by atoms with Gasteiger partial charge in [0.15, 0.2) is 0 Å². The first-order valence-corrected chi connectivity index (χ1v) is 6.56. The molecule has 0 saturated carbocycles. The maximum absolute atomic E-state index is 13.9. The maximum Gasteiger partial charge on any atom is 0.128 e. The fourth-order valence-electron chi connectivity index (χ4n) is 1.87. The van der Waals surface area contributed by atoms with Crippen LogP contribution in [0.3, 0.4) is 0 Å². The molecule has 18 heavy (non-hydrogen) atoms. The van der Waals surface area contributed by atoms with Gasteiger partial charge in [-0.25, -0.2) is 9.37 Å². The fourth-order valence-corrected chi connectivity index (χ4v) is 2.91. The van der Waals surface area contributed by atoms with Crippen molar-refractivity contribution in [1.82, 2.24) is 9.88 Å². The van der Waals surface area contributed by atoms with Gasteiger partial charge in [0.1, 0.15) is 10.8 Å². The van der Waals surface area contributed by atoms with Crippen LogP contribution >= 0.6 is 11.3 Å². The minimum atomic E-state index is -0.208. The topological polar surface area (TPSA) is 42.2 Å². The zero-order valence-electron chi connectivity index (χ0n) is 10.4. The summed E-state index contributed by atoms with van der Waals surface area (Å²) < 4.78 is 13.9. The molecular weight excluding hydrogens is 249 g/mol. The van der Waals surface area contributed by atoms with E-state index in [0.717, 1.165) is 10.7 Å². The molecule has 5 heteroatoms. The van der Waals surface area contributed by atoms with E-state index in [9.17, 15) is 4.39 Å². The second kappa shape index (κ2) is 5.56. The summed E-state index contributed by atoms with van der Waals surface area (Å²) in [5.74, 6) is -0.208. The molecule has 1 heterocycles. The highest BCUT2D eigenvalue weighted by Crippen LogP contribution is 2.30. The van der Waals surface area contributed by atoms with E-state index in [1.807, 2.05) is 30.4 Å². The van der Waals surface area contributed by atoms with Crippen LogP contribution in [0.4, 0.5) is 4.39 Å². The van der Waals surface area contributed by atoms with Crippen LogP contribution in [0.1, 0.15) is 22.3 Å². The summed E-state index contributed by atoms with van der Waals surface area (Å²) in [5.41, 5.74) is 7.05. The Bertz CT molecular complexity index is 524. The molecule has 0 spiro atoms. The lowest BCUT2D eigenvalue weighted by Gasteiger charge is -2.23. The molecule has 2 rings (SSSR count). The van der Waals surface area contributed by atoms with E-state index < -0.39 is 0 Å². The van der Waals surface area contributed by atoms with E-state index in [1.54, 1.807) is 12.1 Å². The van der Waals surface area contributed by atoms with E-state index in [0.29, 0.717) is 12.1 Å². The van der Waals surface area contributed by atoms with Gasteiger partial charge in [0, 0.05) is 17.5 Å². The van der Waals surface area contributed by atoms with Crippen molar-refractivity contribution in [3.8, 4) is 0 Å². The maximum atomic E-state index is 13.9. The summed E-state index contributed by atoms with van der Waals surface area (Å²) in [5, 5.41) is 2.79. The number of rotatable bonds is 4. The normalized spacial score (nSPS) is 12.9. The number of nitrogens with two attached hydrogens (primary N) is 1. The number of hydrogen-bond donors (Lipinski definition) is 1. The molecule has 0 aliphatic rings. The zero-order chi connectivity index (χ0) is 13.1. The molecule has 1 atom stereocenters. The third-order valence-corrected chi connectivity index (χ3v) is 3.67. The monoisotopic (exact) mass is 265 g/mol. The Kier molecular flexibility index (Phi) is 4.06. The van der Waals surface area contributed by atoms with E-state index in [4.69, 9.17) is 5.73 Å². The first-order valence-electron chi connectivity index (χ1n) is 5.68. The quantitative estimate of drug-likeness (QED) is 0.923. The minimum Gasteiger partial charge on any atom is -0.325 e. The molecule has 1 aromatic heterocycles. The van der Waals surface area contributed by atoms with Crippen LogP contribution in [0, 0.1) is 5.82 Å². The predicted molar refractivity (Wildman–Crippen MR) is 71.9 cm³/mol. The molecule has 0 aliphatic heterocycles. The van der Waals surface area contributed by atoms with Gasteiger partial charge in [0.25, 0.3) is 0 Å². The summed E-state index contributed by atoms with van der Waals surface area (Å²) in [6.07, 6.45) is 0. The van der Waals surface area contributed by atoms with Gasteiger partial charge >= 0.3 is 0 Å². The molecule has 96 valence electrons. The van der Waals surface area contributed by atoms with Gasteiger partial charge in [-0.05, 0) is 20.2 Å². The van der Waals surface area contributed by atoms with Crippen molar-refractivity contribution in [2.45, 2.75) is 12.6 Å². The molecule has 0 saturated heterocycles. The van der Waals surface area contributed by atoms with Gasteiger partial charge < -0.3 is 5.73 Å². The lowest BCUT2D eigenvalue weighted by Crippen LogP contribution is -2.22. The average molecular weight is 265 g/mol. The van der Waals surface area contributed by atoms with Crippen LogP contribution in [-0.2, 0) is 6.54 Å². The molecule has 0 fully saturated rings. The Morgan fingerprint density at radius 1 is 1.39 bits per heavy atom. The predicted octanol–water partition coefficient (Wildman–Crippen LogP) is 2.39. The minimum absolute atomic E-state index is 0.170. The molecule has 0 radical (unpaired) electrons. The van der Waals surface area contributed by atoms with E-state index in [2.05, 4.69) is 4.98 Å². The van der Waals surface area contributed by atoms with Crippen molar-refractivity contribution in [1.29, 1.82) is 0 Å². The fraction of sp³-hybridized carbons (Fsp3) is 0.308. The largest absolute Gasteiger partial charge is 0.325 e. The smallest absolute Gasteiger partial charge is 0.128 e. The molecule has 0 bridgehead atoms. The Morgan fingerprint density at radius 2 is 2.11 bits per heavy atom. The lowest BCUT2D eigenvalue weighted by molar-refractivity contribution is 0.332. The third kappa shape index (κ3) is 2.58. The Labute approximate surface area is 110 Å². The highest BCUT2D eigenvalue weighted by molar-refractivity contribution is 7.09. The Balaban J connectivity index is 2.43. The number of nitrogens with zero attached hydrogens (tertiary/aromatic N) is 2. The van der Waals surface area contributed by atoms with Crippen LogP contribution in [0.25, 0.3) is 0 Å². The van der Waals surface area contributed by atoms with Gasteiger partial charge in [0.05, 0.1) is 11.7 Å². The van der Waals surface area contributed by atoms with Crippen molar-refractivity contribution in [2.24, 2.45) is 5.73 Å². The number of hydrogen-bond acceptors (Lipinski definition) is 4. The van der Waals surface area contributed by atoms with Gasteiger partial charge in [0.2, 0.25) is 0 Å². The van der Waals surface area contributed by atoms with Crippen LogP contribution in [0.5, 0.6) is 0 Å². The Hall–Kier alpha value is -1.30. The summed E-state index contributed by atoms with van der Waals surface area (Å²) in [4.78, 5) is 6.41. The number of thiazole rings is 1. The average Bonchev–Trinajstić information content (AvgIpc) is 2.80. The van der Waals surface area contributed by atoms with Crippen molar-refractivity contribution in [3.05, 3.63) is 51.7 Å². The van der Waals surface area contributed by atoms with Crippen molar-refractivity contribution in [2.75, 3.05) is 14.1 Å². The van der Waals surface area contributed by atoms with E-state index >= 15 is 0 Å². The van der Waals surface area contributed by atoms with Crippen molar-refractivity contribution >= 4 is 11.3 Å². The van der Waals surface area contributed by atoms with Crippen LogP contribution < -0.4 is 5.73 Å². The molecule has 1 aromatic carbocycles. The van der Waals surface area contributed by atoms with E-state index in [-0.39, 0.29) is 11.9 Å². The molecule has 3 nitrogen and oxygen atoms in total. The molecule has 2 aromatic rings. The summed E-state index contributed by atoms with van der Waals surface area (Å²) in [7, 11) is 3.83. The SMILES string of the molecule is CN(C)C(c1nc(CN)cs1)c1ccccc1F. The van der Waals surface area contributed by atoms with Crippen LogP contribution in [-0.4, -0.2) is 24.0 Å². The lowest BCUT2D eigenvalue weighted by atomic mass is 10.1. The van der Waals surface area contributed by atoms with Gasteiger partial charge in [-0.1, -0.05) is 18.2 Å². The van der Waals surface area contributed by atoms with Crippen LogP contribution in [0.2, 0.25) is 0 Å². The summed E-state index contributed by atoms with van der Waals surface area (Å²) >= 11 is 1.51. The zero-order valence-corrected chi connectivity index (χ0v) is 11.2. The number of halogens is 1. The van der Waals surface area contributed by atoms with Gasteiger partial charge in [-0.3, -0.25) is 4.90 Å². The first kappa shape index (κ1) is 13.1. The van der Waals surface area contributed by atoms with Crippen LogP contribution in [0.15, 0.2) is 29.6 Å². The van der Waals surface area contributed by atoms with Gasteiger partial charge in [-0.15, -0.1) is 11.3 Å². The van der Waals surface area contributed by atoms with Crippen molar-refractivity contribution < 1.29 is 4.39 Å². The third-order valence-electron chi connectivity index (χ3n) is 2.73. The summed E-state index contributed by atoms with van der Waals surface area (Å²) in [6, 6.07) is 6.63. The molecule has 0 aliphatic carbocycles. The van der Waals surface area contributed by atoms with E-state index in [1.165, 1.54) is 17.4 Å². The second-order valence-electron chi connectivity index (χ2n) is 4.27. The molecule has 0 amide bonds.